The largest absolute Gasteiger partial charge is 0.271 e. The molecule has 0 bridgehead atoms. The lowest BCUT2D eigenvalue weighted by Gasteiger charge is -2.13. The predicted octanol–water partition coefficient (Wildman–Crippen LogP) is 2.47. The van der Waals surface area contributed by atoms with Gasteiger partial charge in [0, 0.05) is 11.1 Å². The fourth-order valence-electron chi connectivity index (χ4n) is 1.44. The maximum absolute atomic E-state index is 5.51. The monoisotopic (exact) mass is 213 g/mol. The number of hydrogen-bond acceptors (Lipinski definition) is 4. The van der Waals surface area contributed by atoms with E-state index in [9.17, 15) is 0 Å². The van der Waals surface area contributed by atoms with E-state index in [2.05, 4.69) is 24.3 Å². The molecular formula is C10H19N3S. The topological polar surface area (TPSA) is 50.9 Å². The molecule has 0 aliphatic carbocycles. The number of nitrogens with one attached hydrogen (secondary N) is 1. The van der Waals surface area contributed by atoms with Gasteiger partial charge < -0.3 is 0 Å². The van der Waals surface area contributed by atoms with E-state index in [4.69, 9.17) is 5.84 Å². The van der Waals surface area contributed by atoms with Gasteiger partial charge in [-0.25, -0.2) is 0 Å². The summed E-state index contributed by atoms with van der Waals surface area (Å²) in [7, 11) is 0. The van der Waals surface area contributed by atoms with Crippen LogP contribution in [0.15, 0.2) is 11.7 Å². The molecule has 0 amide bonds. The van der Waals surface area contributed by atoms with Crippen molar-refractivity contribution in [2.45, 2.75) is 39.2 Å². The van der Waals surface area contributed by atoms with E-state index in [-0.39, 0.29) is 6.04 Å². The van der Waals surface area contributed by atoms with Crippen LogP contribution in [0.5, 0.6) is 0 Å². The van der Waals surface area contributed by atoms with Gasteiger partial charge in [0.15, 0.2) is 0 Å². The summed E-state index contributed by atoms with van der Waals surface area (Å²) in [5.41, 5.74) is 4.70. The number of nitrogens with zero attached hydrogens (tertiary/aromatic N) is 1. The first-order chi connectivity index (χ1) is 6.74. The number of hydrogen-bond donors (Lipinski definition) is 2. The Labute approximate surface area is 89.7 Å². The standard InChI is InChI=1S/C10H19N3S/c1-8(2)4-3-5-9(13-11)10-6-12-7-14-10/h6-9,13H,3-5,11H2,1-2H3. The highest BCUT2D eigenvalue weighted by Gasteiger charge is 2.10. The second-order valence-corrected chi connectivity index (χ2v) is 4.87. The van der Waals surface area contributed by atoms with E-state index in [0.29, 0.717) is 0 Å². The van der Waals surface area contributed by atoms with Crippen molar-refractivity contribution in [1.29, 1.82) is 0 Å². The van der Waals surface area contributed by atoms with Gasteiger partial charge in [-0.15, -0.1) is 11.3 Å². The lowest BCUT2D eigenvalue weighted by atomic mass is 10.0. The van der Waals surface area contributed by atoms with Crippen LogP contribution in [0.3, 0.4) is 0 Å². The number of aromatic nitrogens is 1. The van der Waals surface area contributed by atoms with Gasteiger partial charge in [0.2, 0.25) is 0 Å². The highest BCUT2D eigenvalue weighted by atomic mass is 32.1. The van der Waals surface area contributed by atoms with Gasteiger partial charge in [0.25, 0.3) is 0 Å². The Morgan fingerprint density at radius 2 is 2.29 bits per heavy atom. The van der Waals surface area contributed by atoms with Crippen LogP contribution in [0.2, 0.25) is 0 Å². The summed E-state index contributed by atoms with van der Waals surface area (Å²) in [6, 6.07) is 0.279. The minimum atomic E-state index is 0.279. The van der Waals surface area contributed by atoms with E-state index >= 15 is 0 Å². The summed E-state index contributed by atoms with van der Waals surface area (Å²) in [6.45, 7) is 4.50. The smallest absolute Gasteiger partial charge is 0.0794 e. The molecule has 14 heavy (non-hydrogen) atoms. The molecule has 1 atom stereocenters. The third-order valence-electron chi connectivity index (χ3n) is 2.27. The number of thiazole rings is 1. The summed E-state index contributed by atoms with van der Waals surface area (Å²) in [6.07, 6.45) is 5.46. The van der Waals surface area contributed by atoms with Gasteiger partial charge in [-0.05, 0) is 12.3 Å². The summed E-state index contributed by atoms with van der Waals surface area (Å²) in [5.74, 6) is 6.28. The van der Waals surface area contributed by atoms with Crippen LogP contribution in [0.1, 0.15) is 44.0 Å². The molecule has 0 spiro atoms. The molecular weight excluding hydrogens is 194 g/mol. The zero-order valence-electron chi connectivity index (χ0n) is 8.86. The maximum atomic E-state index is 5.51. The lowest BCUT2D eigenvalue weighted by molar-refractivity contribution is 0.459. The van der Waals surface area contributed by atoms with Crippen LogP contribution in [0.25, 0.3) is 0 Å². The zero-order chi connectivity index (χ0) is 10.4. The van der Waals surface area contributed by atoms with E-state index in [1.807, 2.05) is 11.7 Å². The van der Waals surface area contributed by atoms with Crippen molar-refractivity contribution in [2.75, 3.05) is 0 Å². The van der Waals surface area contributed by atoms with Crippen molar-refractivity contribution in [3.8, 4) is 0 Å². The van der Waals surface area contributed by atoms with Gasteiger partial charge >= 0.3 is 0 Å². The van der Waals surface area contributed by atoms with Crippen molar-refractivity contribution in [3.05, 3.63) is 16.6 Å². The Bertz CT molecular complexity index is 234. The lowest BCUT2D eigenvalue weighted by Crippen LogP contribution is -2.27. The fraction of sp³-hybridized carbons (Fsp3) is 0.700. The molecule has 0 aliphatic heterocycles. The molecule has 0 saturated heterocycles. The predicted molar refractivity (Wildman–Crippen MR) is 60.9 cm³/mol. The third-order valence-corrected chi connectivity index (χ3v) is 3.16. The number of rotatable bonds is 6. The van der Waals surface area contributed by atoms with Crippen LogP contribution >= 0.6 is 11.3 Å². The molecule has 1 heterocycles. The van der Waals surface area contributed by atoms with Crippen molar-refractivity contribution in [2.24, 2.45) is 11.8 Å². The Morgan fingerprint density at radius 3 is 2.79 bits per heavy atom. The van der Waals surface area contributed by atoms with Gasteiger partial charge in [-0.2, -0.15) is 0 Å². The van der Waals surface area contributed by atoms with E-state index in [1.165, 1.54) is 17.7 Å². The SMILES string of the molecule is CC(C)CCCC(NN)c1cncs1. The minimum Gasteiger partial charge on any atom is -0.271 e. The molecule has 3 N–H and O–H groups in total. The second kappa shape index (κ2) is 6.11. The molecule has 1 rings (SSSR count). The summed E-state index contributed by atoms with van der Waals surface area (Å²) in [5, 5.41) is 0. The molecule has 3 nitrogen and oxygen atoms in total. The van der Waals surface area contributed by atoms with Crippen molar-refractivity contribution in [3.63, 3.8) is 0 Å². The maximum Gasteiger partial charge on any atom is 0.0794 e. The summed E-state index contributed by atoms with van der Waals surface area (Å²) >= 11 is 1.66. The molecule has 80 valence electrons. The third kappa shape index (κ3) is 3.74. The normalized spacial score (nSPS) is 13.4. The van der Waals surface area contributed by atoms with Crippen LogP contribution in [-0.4, -0.2) is 4.98 Å². The van der Waals surface area contributed by atoms with Crippen LogP contribution < -0.4 is 11.3 Å². The molecule has 0 fully saturated rings. The Hall–Kier alpha value is -0.450. The van der Waals surface area contributed by atoms with Crippen LogP contribution in [-0.2, 0) is 0 Å². The first-order valence-corrected chi connectivity index (χ1v) is 5.96. The van der Waals surface area contributed by atoms with Crippen molar-refractivity contribution >= 4 is 11.3 Å². The van der Waals surface area contributed by atoms with Gasteiger partial charge in [-0.3, -0.25) is 16.3 Å². The summed E-state index contributed by atoms with van der Waals surface area (Å²) < 4.78 is 0. The van der Waals surface area contributed by atoms with E-state index in [1.54, 1.807) is 11.3 Å². The first-order valence-electron chi connectivity index (χ1n) is 5.08. The van der Waals surface area contributed by atoms with Gasteiger partial charge in [0.05, 0.1) is 11.6 Å². The molecule has 0 aliphatic rings. The average Bonchev–Trinajstić information content (AvgIpc) is 2.64. The highest BCUT2D eigenvalue weighted by molar-refractivity contribution is 7.09. The average molecular weight is 213 g/mol. The number of hydrazine groups is 1. The van der Waals surface area contributed by atoms with Gasteiger partial charge in [-0.1, -0.05) is 26.7 Å². The summed E-state index contributed by atoms with van der Waals surface area (Å²) in [4.78, 5) is 5.29. The number of nitrogens with two attached hydrogens (primary N) is 1. The van der Waals surface area contributed by atoms with E-state index in [0.717, 1.165) is 12.3 Å². The first kappa shape index (κ1) is 11.6. The molecule has 1 aromatic heterocycles. The Kier molecular flexibility index (Phi) is 5.07. The van der Waals surface area contributed by atoms with Gasteiger partial charge in [0.1, 0.15) is 0 Å². The van der Waals surface area contributed by atoms with Crippen molar-refractivity contribution < 1.29 is 0 Å². The highest BCUT2D eigenvalue weighted by Crippen LogP contribution is 2.22. The molecule has 0 saturated carbocycles. The minimum absolute atomic E-state index is 0.279. The quantitative estimate of drug-likeness (QED) is 0.564. The second-order valence-electron chi connectivity index (χ2n) is 3.95. The van der Waals surface area contributed by atoms with Crippen LogP contribution in [0.4, 0.5) is 0 Å². The Morgan fingerprint density at radius 1 is 1.50 bits per heavy atom. The van der Waals surface area contributed by atoms with Crippen LogP contribution in [0, 0.1) is 5.92 Å². The molecule has 0 radical (unpaired) electrons. The molecule has 1 aromatic rings. The molecule has 1 unspecified atom stereocenters. The zero-order valence-corrected chi connectivity index (χ0v) is 9.68. The van der Waals surface area contributed by atoms with Crippen molar-refractivity contribution in [1.82, 2.24) is 10.4 Å². The Balaban J connectivity index is 2.33. The fourth-order valence-corrected chi connectivity index (χ4v) is 2.15. The van der Waals surface area contributed by atoms with E-state index < -0.39 is 0 Å². The molecule has 0 aromatic carbocycles. The molecule has 4 heteroatoms.